The highest BCUT2D eigenvalue weighted by Crippen LogP contribution is 2.39. The maximum Gasteiger partial charge on any atom is 0.133 e. The third-order valence-corrected chi connectivity index (χ3v) is 7.29. The highest BCUT2D eigenvalue weighted by atomic mass is 32.1. The molecule has 0 saturated carbocycles. The number of aromatic nitrogens is 5. The fraction of sp³-hybridized carbons (Fsp3) is 0.200. The second-order valence-corrected chi connectivity index (χ2v) is 9.26. The molecule has 164 valence electrons. The number of rotatable bonds is 4. The van der Waals surface area contributed by atoms with Gasteiger partial charge in [-0.2, -0.15) is 5.10 Å². The SMILES string of the molecule is Nc1ncc(-c2cnn(C3CCNCC3)c2)cc1-c1nc2cccc(-c3cccnc3)c2s1. The largest absolute Gasteiger partial charge is 0.383 e. The van der Waals surface area contributed by atoms with Crippen molar-refractivity contribution in [2.75, 3.05) is 18.8 Å². The smallest absolute Gasteiger partial charge is 0.133 e. The standard InChI is InChI=1S/C25H23N7S/c26-24-21(11-17(13-29-24)18-14-30-32(15-18)19-6-9-27-10-7-19)25-31-22-5-1-4-20(23(22)33-25)16-3-2-8-28-12-16/h1-5,8,11-15,19,27H,6-7,9-10H2,(H2,26,29). The molecule has 6 rings (SSSR count). The first kappa shape index (κ1) is 20.0. The molecule has 3 N–H and O–H groups in total. The lowest BCUT2D eigenvalue weighted by Crippen LogP contribution is -2.29. The molecule has 0 radical (unpaired) electrons. The van der Waals surface area contributed by atoms with Crippen molar-refractivity contribution in [3.05, 3.63) is 67.4 Å². The summed E-state index contributed by atoms with van der Waals surface area (Å²) in [6, 6.07) is 12.7. The molecule has 1 aliphatic heterocycles. The van der Waals surface area contributed by atoms with E-state index < -0.39 is 0 Å². The number of nitrogens with zero attached hydrogens (tertiary/aromatic N) is 5. The zero-order chi connectivity index (χ0) is 22.2. The Hall–Kier alpha value is -3.62. The molecular formula is C25H23N7S. The van der Waals surface area contributed by atoms with Crippen molar-refractivity contribution in [2.45, 2.75) is 18.9 Å². The minimum absolute atomic E-state index is 0.441. The Balaban J connectivity index is 1.39. The second kappa shape index (κ2) is 8.38. The fourth-order valence-electron chi connectivity index (χ4n) is 4.38. The molecule has 1 fully saturated rings. The summed E-state index contributed by atoms with van der Waals surface area (Å²) in [7, 11) is 0. The van der Waals surface area contributed by atoms with E-state index in [-0.39, 0.29) is 0 Å². The Morgan fingerprint density at radius 3 is 2.73 bits per heavy atom. The first-order chi connectivity index (χ1) is 16.3. The molecule has 33 heavy (non-hydrogen) atoms. The van der Waals surface area contributed by atoms with Crippen molar-refractivity contribution in [3.63, 3.8) is 0 Å². The van der Waals surface area contributed by atoms with Crippen molar-refractivity contribution < 1.29 is 0 Å². The van der Waals surface area contributed by atoms with Gasteiger partial charge in [-0.3, -0.25) is 9.67 Å². The summed E-state index contributed by atoms with van der Waals surface area (Å²) in [6.07, 6.45) is 11.7. The lowest BCUT2D eigenvalue weighted by Gasteiger charge is -2.22. The molecule has 1 aromatic carbocycles. The molecule has 4 aromatic heterocycles. The van der Waals surface area contributed by atoms with Crippen molar-refractivity contribution in [1.82, 2.24) is 30.0 Å². The molecule has 1 saturated heterocycles. The Kier molecular flexibility index (Phi) is 5.09. The topological polar surface area (TPSA) is 94.5 Å². The first-order valence-corrected chi connectivity index (χ1v) is 11.9. The number of pyridine rings is 2. The van der Waals surface area contributed by atoms with Gasteiger partial charge in [-0.25, -0.2) is 9.97 Å². The molecule has 8 heteroatoms. The minimum atomic E-state index is 0.441. The maximum absolute atomic E-state index is 6.31. The van der Waals surface area contributed by atoms with Crippen molar-refractivity contribution in [2.24, 2.45) is 0 Å². The number of thiazole rings is 1. The zero-order valence-corrected chi connectivity index (χ0v) is 18.8. The third-order valence-electron chi connectivity index (χ3n) is 6.15. The minimum Gasteiger partial charge on any atom is -0.383 e. The average Bonchev–Trinajstić information content (AvgIpc) is 3.53. The van der Waals surface area contributed by atoms with Gasteiger partial charge in [0.2, 0.25) is 0 Å². The van der Waals surface area contributed by atoms with E-state index >= 15 is 0 Å². The van der Waals surface area contributed by atoms with Gasteiger partial charge in [0.05, 0.1) is 28.0 Å². The highest BCUT2D eigenvalue weighted by molar-refractivity contribution is 7.22. The van der Waals surface area contributed by atoms with Crippen LogP contribution in [0.3, 0.4) is 0 Å². The lowest BCUT2D eigenvalue weighted by molar-refractivity contribution is 0.343. The number of anilines is 1. The number of piperidine rings is 1. The van der Waals surface area contributed by atoms with Crippen molar-refractivity contribution in [1.29, 1.82) is 0 Å². The predicted octanol–water partition coefficient (Wildman–Crippen LogP) is 4.79. The summed E-state index contributed by atoms with van der Waals surface area (Å²) in [4.78, 5) is 13.7. The summed E-state index contributed by atoms with van der Waals surface area (Å²) in [5.41, 5.74) is 12.3. The van der Waals surface area contributed by atoms with Gasteiger partial charge in [0.15, 0.2) is 0 Å². The van der Waals surface area contributed by atoms with Crippen LogP contribution < -0.4 is 11.1 Å². The number of hydrogen-bond acceptors (Lipinski definition) is 7. The Morgan fingerprint density at radius 2 is 1.88 bits per heavy atom. The van der Waals surface area contributed by atoms with E-state index in [0.29, 0.717) is 11.9 Å². The van der Waals surface area contributed by atoms with E-state index in [2.05, 4.69) is 49.5 Å². The van der Waals surface area contributed by atoms with Crippen LogP contribution in [0.4, 0.5) is 5.82 Å². The molecule has 1 aliphatic rings. The van der Waals surface area contributed by atoms with Gasteiger partial charge in [0, 0.05) is 47.0 Å². The maximum atomic E-state index is 6.31. The van der Waals surface area contributed by atoms with Gasteiger partial charge in [-0.05, 0) is 44.1 Å². The van der Waals surface area contributed by atoms with E-state index in [1.54, 1.807) is 17.5 Å². The fourth-order valence-corrected chi connectivity index (χ4v) is 5.50. The van der Waals surface area contributed by atoms with Crippen LogP contribution in [0.15, 0.2) is 67.4 Å². The number of benzene rings is 1. The molecule has 5 heterocycles. The molecule has 0 aliphatic carbocycles. The van der Waals surface area contributed by atoms with E-state index in [4.69, 9.17) is 10.7 Å². The van der Waals surface area contributed by atoms with E-state index in [1.165, 1.54) is 0 Å². The van der Waals surface area contributed by atoms with Crippen LogP contribution in [0.5, 0.6) is 0 Å². The van der Waals surface area contributed by atoms with Gasteiger partial charge in [0.1, 0.15) is 10.8 Å². The van der Waals surface area contributed by atoms with E-state index in [9.17, 15) is 0 Å². The normalized spacial score (nSPS) is 14.7. The summed E-state index contributed by atoms with van der Waals surface area (Å²) in [5, 5.41) is 8.90. The average molecular weight is 454 g/mol. The molecular weight excluding hydrogens is 430 g/mol. The lowest BCUT2D eigenvalue weighted by atomic mass is 10.1. The van der Waals surface area contributed by atoms with Crippen LogP contribution >= 0.6 is 11.3 Å². The summed E-state index contributed by atoms with van der Waals surface area (Å²) in [6.45, 7) is 2.07. The third kappa shape index (κ3) is 3.77. The van der Waals surface area contributed by atoms with E-state index in [1.807, 2.05) is 36.8 Å². The van der Waals surface area contributed by atoms with Crippen LogP contribution in [0.1, 0.15) is 18.9 Å². The summed E-state index contributed by atoms with van der Waals surface area (Å²) < 4.78 is 3.20. The van der Waals surface area contributed by atoms with Crippen LogP contribution in [0, 0.1) is 0 Å². The number of nitrogen functional groups attached to an aromatic ring is 1. The molecule has 0 unspecified atom stereocenters. The van der Waals surface area contributed by atoms with E-state index in [0.717, 1.165) is 69.0 Å². The van der Waals surface area contributed by atoms with Crippen LogP contribution in [0.25, 0.3) is 43.0 Å². The summed E-state index contributed by atoms with van der Waals surface area (Å²) in [5.74, 6) is 0.478. The van der Waals surface area contributed by atoms with Gasteiger partial charge in [-0.1, -0.05) is 18.2 Å². The van der Waals surface area contributed by atoms with Crippen molar-refractivity contribution >= 4 is 27.4 Å². The Labute approximate surface area is 195 Å². The highest BCUT2D eigenvalue weighted by Gasteiger charge is 2.18. The van der Waals surface area contributed by atoms with Gasteiger partial charge < -0.3 is 11.1 Å². The Bertz CT molecular complexity index is 1420. The second-order valence-electron chi connectivity index (χ2n) is 8.26. The zero-order valence-electron chi connectivity index (χ0n) is 18.0. The molecule has 0 amide bonds. The summed E-state index contributed by atoms with van der Waals surface area (Å²) >= 11 is 1.63. The number of hydrogen-bond donors (Lipinski definition) is 2. The van der Waals surface area contributed by atoms with Gasteiger partial charge in [-0.15, -0.1) is 11.3 Å². The van der Waals surface area contributed by atoms with Crippen LogP contribution in [-0.4, -0.2) is 37.8 Å². The van der Waals surface area contributed by atoms with Gasteiger partial charge in [0.25, 0.3) is 0 Å². The first-order valence-electron chi connectivity index (χ1n) is 11.1. The van der Waals surface area contributed by atoms with Crippen LogP contribution in [0.2, 0.25) is 0 Å². The number of nitrogens with two attached hydrogens (primary N) is 1. The quantitative estimate of drug-likeness (QED) is 0.406. The van der Waals surface area contributed by atoms with Crippen molar-refractivity contribution in [3.8, 4) is 32.8 Å². The van der Waals surface area contributed by atoms with Gasteiger partial charge >= 0.3 is 0 Å². The predicted molar refractivity (Wildman–Crippen MR) is 133 cm³/mol. The molecule has 0 spiro atoms. The molecule has 0 bridgehead atoms. The molecule has 0 atom stereocenters. The molecule has 7 nitrogen and oxygen atoms in total. The number of nitrogens with one attached hydrogen (secondary N) is 1. The number of fused-ring (bicyclic) bond motifs is 1. The Morgan fingerprint density at radius 1 is 0.970 bits per heavy atom. The monoisotopic (exact) mass is 453 g/mol. The molecule has 5 aromatic rings. The van der Waals surface area contributed by atoms with Crippen LogP contribution in [-0.2, 0) is 0 Å².